The number of nitrogens with two attached hydrogens (primary N) is 1. The molecule has 0 spiro atoms. The third-order valence-electron chi connectivity index (χ3n) is 3.00. The fraction of sp³-hybridized carbons (Fsp3) is 0. The summed E-state index contributed by atoms with van der Waals surface area (Å²) in [6, 6.07) is 11.9. The molecule has 0 aliphatic rings. The second-order valence-corrected chi connectivity index (χ2v) is 4.76. The number of anilines is 3. The molecule has 1 heterocycles. The predicted molar refractivity (Wildman–Crippen MR) is 80.8 cm³/mol. The number of nitrogens with zero attached hydrogens (tertiary/aromatic N) is 1. The lowest BCUT2D eigenvalue weighted by Gasteiger charge is -2.10. The molecule has 20 heavy (non-hydrogen) atoms. The van der Waals surface area contributed by atoms with Crippen molar-refractivity contribution in [2.75, 3.05) is 11.1 Å². The fourth-order valence-corrected chi connectivity index (χ4v) is 2.15. The van der Waals surface area contributed by atoms with Crippen molar-refractivity contribution in [3.05, 3.63) is 59.5 Å². The number of benzene rings is 2. The van der Waals surface area contributed by atoms with Crippen LogP contribution < -0.4 is 11.1 Å². The van der Waals surface area contributed by atoms with Gasteiger partial charge in [-0.3, -0.25) is 4.98 Å². The lowest BCUT2D eigenvalue weighted by Crippen LogP contribution is -1.95. The van der Waals surface area contributed by atoms with Crippen molar-refractivity contribution < 1.29 is 4.39 Å². The molecular weight excluding hydrogens is 277 g/mol. The smallest absolute Gasteiger partial charge is 0.143 e. The lowest BCUT2D eigenvalue weighted by atomic mass is 10.1. The van der Waals surface area contributed by atoms with Crippen LogP contribution in [0, 0.1) is 5.82 Å². The first kappa shape index (κ1) is 12.7. The van der Waals surface area contributed by atoms with Crippen molar-refractivity contribution in [3.8, 4) is 0 Å². The Morgan fingerprint density at radius 2 is 2.00 bits per heavy atom. The summed E-state index contributed by atoms with van der Waals surface area (Å²) in [5, 5.41) is 4.12. The number of hydrogen-bond acceptors (Lipinski definition) is 3. The average molecular weight is 288 g/mol. The Balaban J connectivity index is 2.06. The molecule has 3 aromatic rings. The average Bonchev–Trinajstić information content (AvgIpc) is 2.44. The van der Waals surface area contributed by atoms with E-state index in [4.69, 9.17) is 17.3 Å². The van der Waals surface area contributed by atoms with E-state index in [0.717, 1.165) is 11.1 Å². The SMILES string of the molecule is Nc1cccc2c(Nc3ccc(Cl)c(F)c3)ccnc12. The molecule has 2 aromatic carbocycles. The predicted octanol–water partition coefficient (Wildman–Crippen LogP) is 4.35. The molecule has 0 atom stereocenters. The lowest BCUT2D eigenvalue weighted by molar-refractivity contribution is 0.629. The van der Waals surface area contributed by atoms with E-state index in [2.05, 4.69) is 10.3 Å². The zero-order valence-electron chi connectivity index (χ0n) is 10.4. The molecule has 0 saturated carbocycles. The maximum atomic E-state index is 13.5. The van der Waals surface area contributed by atoms with Crippen LogP contribution in [0.5, 0.6) is 0 Å². The van der Waals surface area contributed by atoms with Gasteiger partial charge in [0.2, 0.25) is 0 Å². The van der Waals surface area contributed by atoms with Gasteiger partial charge < -0.3 is 11.1 Å². The van der Waals surface area contributed by atoms with E-state index < -0.39 is 5.82 Å². The molecule has 0 saturated heterocycles. The van der Waals surface area contributed by atoms with Crippen LogP contribution in [-0.2, 0) is 0 Å². The van der Waals surface area contributed by atoms with Crippen molar-refractivity contribution in [1.82, 2.24) is 4.98 Å². The number of para-hydroxylation sites is 1. The van der Waals surface area contributed by atoms with E-state index in [0.29, 0.717) is 16.9 Å². The summed E-state index contributed by atoms with van der Waals surface area (Å²) in [6.07, 6.45) is 1.66. The fourth-order valence-electron chi connectivity index (χ4n) is 2.04. The molecule has 0 radical (unpaired) electrons. The second kappa shape index (κ2) is 4.98. The number of rotatable bonds is 2. The minimum absolute atomic E-state index is 0.0966. The maximum absolute atomic E-state index is 13.5. The summed E-state index contributed by atoms with van der Waals surface area (Å²) >= 11 is 5.67. The molecule has 0 amide bonds. The molecule has 3 N–H and O–H groups in total. The van der Waals surface area contributed by atoms with Gasteiger partial charge in [0, 0.05) is 23.0 Å². The summed E-state index contributed by atoms with van der Waals surface area (Å²) in [5.74, 6) is -0.463. The third-order valence-corrected chi connectivity index (χ3v) is 3.31. The highest BCUT2D eigenvalue weighted by atomic mass is 35.5. The monoisotopic (exact) mass is 287 g/mol. The van der Waals surface area contributed by atoms with E-state index in [1.54, 1.807) is 18.3 Å². The van der Waals surface area contributed by atoms with Gasteiger partial charge in [0.1, 0.15) is 5.82 Å². The highest BCUT2D eigenvalue weighted by Gasteiger charge is 2.06. The molecule has 0 fully saturated rings. The van der Waals surface area contributed by atoms with Gasteiger partial charge in [-0.2, -0.15) is 0 Å². The molecule has 0 unspecified atom stereocenters. The molecule has 3 nitrogen and oxygen atoms in total. The summed E-state index contributed by atoms with van der Waals surface area (Å²) in [4.78, 5) is 4.25. The number of pyridine rings is 1. The van der Waals surface area contributed by atoms with Crippen molar-refractivity contribution in [2.45, 2.75) is 0 Å². The summed E-state index contributed by atoms with van der Waals surface area (Å²) < 4.78 is 13.5. The van der Waals surface area contributed by atoms with Gasteiger partial charge in [0.05, 0.1) is 16.2 Å². The van der Waals surface area contributed by atoms with Crippen LogP contribution in [0.15, 0.2) is 48.7 Å². The summed E-state index contributed by atoms with van der Waals surface area (Å²) in [5.41, 5.74) is 8.64. The van der Waals surface area contributed by atoms with Gasteiger partial charge in [-0.15, -0.1) is 0 Å². The summed E-state index contributed by atoms with van der Waals surface area (Å²) in [6.45, 7) is 0. The Labute approximate surface area is 120 Å². The third kappa shape index (κ3) is 2.26. The van der Waals surface area contributed by atoms with Gasteiger partial charge in [-0.25, -0.2) is 4.39 Å². The van der Waals surface area contributed by atoms with E-state index >= 15 is 0 Å². The van der Waals surface area contributed by atoms with Crippen molar-refractivity contribution in [2.24, 2.45) is 0 Å². The van der Waals surface area contributed by atoms with Gasteiger partial charge in [-0.1, -0.05) is 23.7 Å². The number of hydrogen-bond donors (Lipinski definition) is 2. The normalized spacial score (nSPS) is 10.7. The first-order valence-electron chi connectivity index (χ1n) is 6.00. The zero-order chi connectivity index (χ0) is 14.1. The van der Waals surface area contributed by atoms with E-state index in [1.165, 1.54) is 12.1 Å². The number of halogens is 2. The Kier molecular flexibility index (Phi) is 3.16. The minimum atomic E-state index is -0.463. The number of nitrogen functional groups attached to an aromatic ring is 1. The van der Waals surface area contributed by atoms with Gasteiger partial charge >= 0.3 is 0 Å². The van der Waals surface area contributed by atoms with Crippen LogP contribution in [0.4, 0.5) is 21.5 Å². The standard InChI is InChI=1S/C15H11ClFN3/c16-11-5-4-9(8-12(11)17)20-14-6-7-19-15-10(14)2-1-3-13(15)18/h1-8H,18H2,(H,19,20). The zero-order valence-corrected chi connectivity index (χ0v) is 11.2. The molecule has 3 rings (SSSR count). The van der Waals surface area contributed by atoms with E-state index in [9.17, 15) is 4.39 Å². The van der Waals surface area contributed by atoms with Crippen LogP contribution in [0.1, 0.15) is 0 Å². The highest BCUT2D eigenvalue weighted by molar-refractivity contribution is 6.30. The molecular formula is C15H11ClFN3. The molecule has 1 aromatic heterocycles. The Bertz CT molecular complexity index is 789. The molecule has 100 valence electrons. The van der Waals surface area contributed by atoms with E-state index in [-0.39, 0.29) is 5.02 Å². The molecule has 0 aliphatic heterocycles. The molecule has 0 bridgehead atoms. The minimum Gasteiger partial charge on any atom is -0.397 e. The number of fused-ring (bicyclic) bond motifs is 1. The highest BCUT2D eigenvalue weighted by Crippen LogP contribution is 2.29. The first-order chi connectivity index (χ1) is 9.65. The molecule has 0 aliphatic carbocycles. The van der Waals surface area contributed by atoms with Gasteiger partial charge in [0.15, 0.2) is 0 Å². The maximum Gasteiger partial charge on any atom is 0.143 e. The first-order valence-corrected chi connectivity index (χ1v) is 6.38. The van der Waals surface area contributed by atoms with Crippen LogP contribution in [0.25, 0.3) is 10.9 Å². The van der Waals surface area contributed by atoms with Gasteiger partial charge in [0.25, 0.3) is 0 Å². The van der Waals surface area contributed by atoms with Gasteiger partial charge in [-0.05, 0) is 30.3 Å². The Hall–Kier alpha value is -2.33. The quantitative estimate of drug-likeness (QED) is 0.689. The van der Waals surface area contributed by atoms with Crippen LogP contribution in [0.2, 0.25) is 5.02 Å². The molecule has 5 heteroatoms. The van der Waals surface area contributed by atoms with Crippen LogP contribution >= 0.6 is 11.6 Å². The van der Waals surface area contributed by atoms with Crippen LogP contribution in [0.3, 0.4) is 0 Å². The largest absolute Gasteiger partial charge is 0.397 e. The van der Waals surface area contributed by atoms with Crippen molar-refractivity contribution >= 4 is 39.6 Å². The van der Waals surface area contributed by atoms with Crippen molar-refractivity contribution in [1.29, 1.82) is 0 Å². The summed E-state index contributed by atoms with van der Waals surface area (Å²) in [7, 11) is 0. The topological polar surface area (TPSA) is 50.9 Å². The number of aromatic nitrogens is 1. The number of nitrogens with one attached hydrogen (secondary N) is 1. The van der Waals surface area contributed by atoms with Crippen molar-refractivity contribution in [3.63, 3.8) is 0 Å². The Morgan fingerprint density at radius 1 is 1.15 bits per heavy atom. The van der Waals surface area contributed by atoms with E-state index in [1.807, 2.05) is 18.2 Å². The second-order valence-electron chi connectivity index (χ2n) is 4.36. The Morgan fingerprint density at radius 3 is 2.80 bits per heavy atom. The van der Waals surface area contributed by atoms with Crippen LogP contribution in [-0.4, -0.2) is 4.98 Å².